The van der Waals surface area contributed by atoms with Crippen LogP contribution in [0.1, 0.15) is 11.3 Å². The standard InChI is InChI=1S/C18H15ClFNO/c19-16-10-14(6-8-17(16)20)18-9-7-15(22-18)12-21-11-13-4-2-1-3-5-13/h1-10,21H,11-12H2/p+1. The molecule has 0 amide bonds. The van der Waals surface area contributed by atoms with Gasteiger partial charge < -0.3 is 9.73 Å². The molecule has 1 heterocycles. The van der Waals surface area contributed by atoms with E-state index in [1.165, 1.54) is 11.6 Å². The second-order valence-electron chi connectivity index (χ2n) is 5.08. The van der Waals surface area contributed by atoms with E-state index >= 15 is 0 Å². The Kier molecular flexibility index (Phi) is 4.56. The lowest BCUT2D eigenvalue weighted by atomic mass is 10.2. The second kappa shape index (κ2) is 6.77. The molecule has 2 aromatic carbocycles. The summed E-state index contributed by atoms with van der Waals surface area (Å²) in [6.45, 7) is 1.66. The van der Waals surface area contributed by atoms with Crippen LogP contribution in [0.15, 0.2) is 65.1 Å². The van der Waals surface area contributed by atoms with Crippen LogP contribution in [0.3, 0.4) is 0 Å². The topological polar surface area (TPSA) is 29.8 Å². The lowest BCUT2D eigenvalue weighted by Crippen LogP contribution is -2.80. The van der Waals surface area contributed by atoms with Crippen molar-refractivity contribution in [1.82, 2.24) is 0 Å². The van der Waals surface area contributed by atoms with E-state index in [-0.39, 0.29) is 5.02 Å². The maximum atomic E-state index is 13.2. The third-order valence-electron chi connectivity index (χ3n) is 3.43. The molecule has 0 aliphatic heterocycles. The summed E-state index contributed by atoms with van der Waals surface area (Å²) in [4.78, 5) is 0. The minimum atomic E-state index is -0.423. The van der Waals surface area contributed by atoms with E-state index in [9.17, 15) is 4.39 Å². The molecule has 0 aliphatic rings. The van der Waals surface area contributed by atoms with Gasteiger partial charge in [-0.2, -0.15) is 0 Å². The number of benzene rings is 2. The van der Waals surface area contributed by atoms with E-state index in [1.54, 1.807) is 12.1 Å². The molecule has 0 atom stereocenters. The fraction of sp³-hybridized carbons (Fsp3) is 0.111. The van der Waals surface area contributed by atoms with Crippen molar-refractivity contribution in [2.45, 2.75) is 13.1 Å². The van der Waals surface area contributed by atoms with Crippen molar-refractivity contribution in [3.63, 3.8) is 0 Å². The Hall–Kier alpha value is -2.10. The Morgan fingerprint density at radius 1 is 0.955 bits per heavy atom. The Bertz CT molecular complexity index is 755. The molecular weight excluding hydrogens is 301 g/mol. The van der Waals surface area contributed by atoms with Crippen LogP contribution >= 0.6 is 11.6 Å². The summed E-state index contributed by atoms with van der Waals surface area (Å²) in [5.41, 5.74) is 2.06. The zero-order valence-electron chi connectivity index (χ0n) is 11.9. The molecule has 0 radical (unpaired) electrons. The third kappa shape index (κ3) is 3.56. The number of nitrogens with two attached hydrogens (primary N) is 1. The second-order valence-corrected chi connectivity index (χ2v) is 5.48. The molecule has 1 aromatic heterocycles. The third-order valence-corrected chi connectivity index (χ3v) is 3.72. The van der Waals surface area contributed by atoms with Crippen LogP contribution in [0.25, 0.3) is 11.3 Å². The Morgan fingerprint density at radius 3 is 2.55 bits per heavy atom. The molecule has 112 valence electrons. The van der Waals surface area contributed by atoms with Crippen LogP contribution in [-0.2, 0) is 13.1 Å². The largest absolute Gasteiger partial charge is 0.455 e. The molecule has 0 aliphatic carbocycles. The fourth-order valence-corrected chi connectivity index (χ4v) is 2.47. The molecular formula is C18H16ClFNO+. The molecule has 2 nitrogen and oxygen atoms in total. The molecule has 0 saturated carbocycles. The van der Waals surface area contributed by atoms with Gasteiger partial charge in [0.25, 0.3) is 0 Å². The Balaban J connectivity index is 1.62. The monoisotopic (exact) mass is 316 g/mol. The number of quaternary nitrogens is 1. The van der Waals surface area contributed by atoms with E-state index in [4.69, 9.17) is 16.0 Å². The highest BCUT2D eigenvalue weighted by molar-refractivity contribution is 6.31. The van der Waals surface area contributed by atoms with Gasteiger partial charge in [-0.25, -0.2) is 4.39 Å². The van der Waals surface area contributed by atoms with Gasteiger partial charge in [-0.3, -0.25) is 0 Å². The average molecular weight is 317 g/mol. The van der Waals surface area contributed by atoms with Gasteiger partial charge in [0.2, 0.25) is 0 Å². The molecule has 0 unspecified atom stereocenters. The highest BCUT2D eigenvalue weighted by Gasteiger charge is 2.08. The summed E-state index contributed by atoms with van der Waals surface area (Å²) < 4.78 is 19.0. The molecule has 0 bridgehead atoms. The van der Waals surface area contributed by atoms with Crippen molar-refractivity contribution in [3.05, 3.63) is 82.8 Å². The van der Waals surface area contributed by atoms with E-state index in [0.29, 0.717) is 5.76 Å². The first-order valence-electron chi connectivity index (χ1n) is 7.12. The van der Waals surface area contributed by atoms with Gasteiger partial charge >= 0.3 is 0 Å². The molecule has 0 saturated heterocycles. The zero-order valence-corrected chi connectivity index (χ0v) is 12.7. The summed E-state index contributed by atoms with van der Waals surface area (Å²) in [5.74, 6) is 1.16. The van der Waals surface area contributed by atoms with Crippen molar-refractivity contribution >= 4 is 11.6 Å². The molecule has 0 fully saturated rings. The predicted molar refractivity (Wildman–Crippen MR) is 84.9 cm³/mol. The van der Waals surface area contributed by atoms with Crippen molar-refractivity contribution in [1.29, 1.82) is 0 Å². The van der Waals surface area contributed by atoms with Crippen molar-refractivity contribution in [2.75, 3.05) is 0 Å². The Morgan fingerprint density at radius 2 is 1.77 bits per heavy atom. The molecule has 4 heteroatoms. The quantitative estimate of drug-likeness (QED) is 0.757. The highest BCUT2D eigenvalue weighted by atomic mass is 35.5. The van der Waals surface area contributed by atoms with Crippen molar-refractivity contribution in [2.24, 2.45) is 0 Å². The smallest absolute Gasteiger partial charge is 0.158 e. The van der Waals surface area contributed by atoms with Crippen LogP contribution in [0.2, 0.25) is 5.02 Å². The molecule has 0 spiro atoms. The van der Waals surface area contributed by atoms with E-state index < -0.39 is 5.82 Å². The van der Waals surface area contributed by atoms with Crippen LogP contribution in [0, 0.1) is 5.82 Å². The van der Waals surface area contributed by atoms with Gasteiger partial charge in [0.05, 0.1) is 5.02 Å². The van der Waals surface area contributed by atoms with Gasteiger partial charge in [-0.15, -0.1) is 0 Å². The molecule has 3 aromatic rings. The lowest BCUT2D eigenvalue weighted by molar-refractivity contribution is -0.687. The number of hydrogen-bond acceptors (Lipinski definition) is 1. The predicted octanol–water partition coefficient (Wildman–Crippen LogP) is 4.00. The van der Waals surface area contributed by atoms with Gasteiger partial charge in [-0.1, -0.05) is 41.9 Å². The molecule has 2 N–H and O–H groups in total. The first-order valence-corrected chi connectivity index (χ1v) is 7.50. The average Bonchev–Trinajstić information content (AvgIpc) is 3.00. The number of rotatable bonds is 5. The molecule has 22 heavy (non-hydrogen) atoms. The first-order chi connectivity index (χ1) is 10.7. The maximum Gasteiger partial charge on any atom is 0.158 e. The van der Waals surface area contributed by atoms with Crippen molar-refractivity contribution in [3.8, 4) is 11.3 Å². The van der Waals surface area contributed by atoms with Gasteiger partial charge in [0, 0.05) is 11.1 Å². The zero-order chi connectivity index (χ0) is 15.4. The van der Waals surface area contributed by atoms with Gasteiger partial charge in [0.15, 0.2) is 5.76 Å². The van der Waals surface area contributed by atoms with Crippen molar-refractivity contribution < 1.29 is 14.1 Å². The molecule has 3 rings (SSSR count). The summed E-state index contributed by atoms with van der Waals surface area (Å²) in [5, 5.41) is 2.28. The van der Waals surface area contributed by atoms with Gasteiger partial charge in [0.1, 0.15) is 24.7 Å². The number of halogens is 2. The first kappa shape index (κ1) is 14.8. The minimum absolute atomic E-state index is 0.103. The van der Waals surface area contributed by atoms with Gasteiger partial charge in [-0.05, 0) is 30.3 Å². The summed E-state index contributed by atoms with van der Waals surface area (Å²) in [7, 11) is 0. The van der Waals surface area contributed by atoms with Crippen LogP contribution in [0.4, 0.5) is 4.39 Å². The van der Waals surface area contributed by atoms with Crippen LogP contribution < -0.4 is 5.32 Å². The lowest BCUT2D eigenvalue weighted by Gasteiger charge is -2.01. The number of hydrogen-bond donors (Lipinski definition) is 1. The Labute approximate surface area is 133 Å². The SMILES string of the molecule is Fc1ccc(-c2ccc(C[NH2+]Cc3ccccc3)o2)cc1Cl. The van der Waals surface area contributed by atoms with Crippen LogP contribution in [0.5, 0.6) is 0 Å². The minimum Gasteiger partial charge on any atom is -0.455 e. The normalized spacial score (nSPS) is 10.8. The number of furan rings is 1. The van der Waals surface area contributed by atoms with Crippen LogP contribution in [-0.4, -0.2) is 0 Å². The summed E-state index contributed by atoms with van der Waals surface area (Å²) in [6.07, 6.45) is 0. The maximum absolute atomic E-state index is 13.2. The fourth-order valence-electron chi connectivity index (χ4n) is 2.29. The van der Waals surface area contributed by atoms with E-state index in [1.807, 2.05) is 30.3 Å². The summed E-state index contributed by atoms with van der Waals surface area (Å²) >= 11 is 5.80. The van der Waals surface area contributed by atoms with E-state index in [0.717, 1.165) is 24.4 Å². The highest BCUT2D eigenvalue weighted by Crippen LogP contribution is 2.26. The van der Waals surface area contributed by atoms with E-state index in [2.05, 4.69) is 17.4 Å². The summed E-state index contributed by atoms with van der Waals surface area (Å²) in [6, 6.07) is 18.7.